The smallest absolute Gasteiger partial charge is 0.291 e. The molecule has 0 radical (unpaired) electrons. The van der Waals surface area contributed by atoms with Crippen molar-refractivity contribution in [2.24, 2.45) is 0 Å². The van der Waals surface area contributed by atoms with E-state index in [-0.39, 0.29) is 17.4 Å². The zero-order chi connectivity index (χ0) is 18.7. The minimum atomic E-state index is -0.463. The fraction of sp³-hybridized carbons (Fsp3) is 0.111. The Balaban J connectivity index is 1.76. The molecule has 3 rings (SSSR count). The number of halogens is 1. The van der Waals surface area contributed by atoms with E-state index in [1.54, 1.807) is 25.1 Å². The summed E-state index contributed by atoms with van der Waals surface area (Å²) < 4.78 is 23.4. The third-order valence-corrected chi connectivity index (χ3v) is 4.67. The molecular formula is C18H15FN2O4S. The van der Waals surface area contributed by atoms with Gasteiger partial charge in [0.25, 0.3) is 11.8 Å². The van der Waals surface area contributed by atoms with Crippen molar-refractivity contribution >= 4 is 33.8 Å². The highest BCUT2D eigenvalue weighted by Gasteiger charge is 2.18. The van der Waals surface area contributed by atoms with Crippen molar-refractivity contribution in [1.29, 1.82) is 0 Å². The molecule has 2 N–H and O–H groups in total. The molecule has 2 heterocycles. The highest BCUT2D eigenvalue weighted by Crippen LogP contribution is 2.30. The van der Waals surface area contributed by atoms with Gasteiger partial charge in [-0.05, 0) is 42.8 Å². The average molecular weight is 374 g/mol. The van der Waals surface area contributed by atoms with Gasteiger partial charge in [0.15, 0.2) is 5.76 Å². The van der Waals surface area contributed by atoms with Crippen LogP contribution in [0.1, 0.15) is 25.8 Å². The van der Waals surface area contributed by atoms with Crippen LogP contribution in [0.15, 0.2) is 47.1 Å². The molecular weight excluding hydrogens is 359 g/mol. The van der Waals surface area contributed by atoms with Crippen molar-refractivity contribution in [3.05, 3.63) is 64.7 Å². The highest BCUT2D eigenvalue weighted by atomic mass is 32.1. The minimum Gasteiger partial charge on any atom is -0.494 e. The summed E-state index contributed by atoms with van der Waals surface area (Å²) in [5.41, 5.74) is 1.05. The standard InChI is InChI=1S/C18H15FN2O4S/c1-10-8-15(21-17(22)13-4-3-7-25-13)26-16(10)18(23)20-12-6-5-11(19)9-14(12)24-2/h3-9H,1-2H3,(H,20,23)(H,21,22). The van der Waals surface area contributed by atoms with E-state index < -0.39 is 11.7 Å². The molecule has 8 heteroatoms. The summed E-state index contributed by atoms with van der Waals surface area (Å²) in [6.07, 6.45) is 1.41. The lowest BCUT2D eigenvalue weighted by Gasteiger charge is -2.09. The monoisotopic (exact) mass is 374 g/mol. The molecule has 26 heavy (non-hydrogen) atoms. The molecule has 2 aromatic heterocycles. The van der Waals surface area contributed by atoms with E-state index in [1.165, 1.54) is 31.6 Å². The number of furan rings is 1. The number of carbonyl (C=O) groups excluding carboxylic acids is 2. The van der Waals surface area contributed by atoms with Crippen LogP contribution in [0, 0.1) is 12.7 Å². The van der Waals surface area contributed by atoms with Gasteiger partial charge in [-0.15, -0.1) is 11.3 Å². The Morgan fingerprint density at radius 2 is 1.96 bits per heavy atom. The minimum absolute atomic E-state index is 0.179. The van der Waals surface area contributed by atoms with E-state index >= 15 is 0 Å². The number of ether oxygens (including phenoxy) is 1. The van der Waals surface area contributed by atoms with Crippen LogP contribution < -0.4 is 15.4 Å². The largest absolute Gasteiger partial charge is 0.494 e. The molecule has 2 amide bonds. The van der Waals surface area contributed by atoms with E-state index in [0.717, 1.165) is 11.3 Å². The molecule has 0 aliphatic carbocycles. The molecule has 0 saturated carbocycles. The number of anilines is 2. The first-order valence-corrected chi connectivity index (χ1v) is 8.39. The summed E-state index contributed by atoms with van der Waals surface area (Å²) in [6.45, 7) is 1.76. The first kappa shape index (κ1) is 17.7. The summed E-state index contributed by atoms with van der Waals surface area (Å²) >= 11 is 1.13. The Labute approximate surface area is 152 Å². The SMILES string of the molecule is COc1cc(F)ccc1NC(=O)c1sc(NC(=O)c2ccco2)cc1C. The van der Waals surface area contributed by atoms with Gasteiger partial charge >= 0.3 is 0 Å². The fourth-order valence-electron chi connectivity index (χ4n) is 2.30. The maximum atomic E-state index is 13.3. The molecule has 0 aliphatic rings. The van der Waals surface area contributed by atoms with Crippen molar-refractivity contribution in [2.45, 2.75) is 6.92 Å². The third-order valence-electron chi connectivity index (χ3n) is 3.52. The Hall–Kier alpha value is -3.13. The number of thiophene rings is 1. The summed E-state index contributed by atoms with van der Waals surface area (Å²) in [7, 11) is 1.39. The van der Waals surface area contributed by atoms with E-state index in [4.69, 9.17) is 9.15 Å². The first-order valence-electron chi connectivity index (χ1n) is 7.58. The van der Waals surface area contributed by atoms with Gasteiger partial charge in [-0.25, -0.2) is 4.39 Å². The van der Waals surface area contributed by atoms with E-state index in [0.29, 0.717) is 21.1 Å². The van der Waals surface area contributed by atoms with Crippen LogP contribution in [-0.2, 0) is 0 Å². The second kappa shape index (κ2) is 7.40. The predicted molar refractivity (Wildman–Crippen MR) is 96.6 cm³/mol. The normalized spacial score (nSPS) is 10.4. The second-order valence-corrected chi connectivity index (χ2v) is 6.41. The molecule has 6 nitrogen and oxygen atoms in total. The average Bonchev–Trinajstić information content (AvgIpc) is 3.26. The predicted octanol–water partition coefficient (Wildman–Crippen LogP) is 4.30. The topological polar surface area (TPSA) is 80.6 Å². The molecule has 3 aromatic rings. The lowest BCUT2D eigenvalue weighted by molar-refractivity contribution is 0.0995. The van der Waals surface area contributed by atoms with Crippen LogP contribution >= 0.6 is 11.3 Å². The number of amides is 2. The number of benzene rings is 1. The molecule has 0 atom stereocenters. The number of carbonyl (C=O) groups is 2. The Morgan fingerprint density at radius 1 is 1.15 bits per heavy atom. The number of methoxy groups -OCH3 is 1. The van der Waals surface area contributed by atoms with Crippen LogP contribution in [0.5, 0.6) is 5.75 Å². The van der Waals surface area contributed by atoms with Gasteiger partial charge < -0.3 is 19.8 Å². The van der Waals surface area contributed by atoms with Crippen molar-refractivity contribution in [3.8, 4) is 5.75 Å². The van der Waals surface area contributed by atoms with Gasteiger partial charge in [0.1, 0.15) is 11.6 Å². The summed E-state index contributed by atoms with van der Waals surface area (Å²) in [4.78, 5) is 25.0. The Kier molecular flexibility index (Phi) is 5.04. The molecule has 0 bridgehead atoms. The quantitative estimate of drug-likeness (QED) is 0.698. The van der Waals surface area contributed by atoms with Crippen LogP contribution in [0.3, 0.4) is 0 Å². The van der Waals surface area contributed by atoms with Gasteiger partial charge in [0, 0.05) is 6.07 Å². The van der Waals surface area contributed by atoms with Gasteiger partial charge in [-0.3, -0.25) is 9.59 Å². The zero-order valence-corrected chi connectivity index (χ0v) is 14.8. The lowest BCUT2D eigenvalue weighted by Crippen LogP contribution is -2.12. The number of aryl methyl sites for hydroxylation is 1. The Morgan fingerprint density at radius 3 is 2.65 bits per heavy atom. The summed E-state index contributed by atoms with van der Waals surface area (Å²) in [5.74, 6) is -0.841. The van der Waals surface area contributed by atoms with Crippen LogP contribution in [0.25, 0.3) is 0 Å². The Bertz CT molecular complexity index is 950. The maximum Gasteiger partial charge on any atom is 0.291 e. The van der Waals surface area contributed by atoms with Crippen molar-refractivity contribution in [3.63, 3.8) is 0 Å². The molecule has 0 fully saturated rings. The van der Waals surface area contributed by atoms with Crippen molar-refractivity contribution < 1.29 is 23.1 Å². The highest BCUT2D eigenvalue weighted by molar-refractivity contribution is 7.18. The number of nitrogens with one attached hydrogen (secondary N) is 2. The molecule has 134 valence electrons. The molecule has 0 spiro atoms. The molecule has 0 saturated heterocycles. The van der Waals surface area contributed by atoms with E-state index in [9.17, 15) is 14.0 Å². The maximum absolute atomic E-state index is 13.3. The lowest BCUT2D eigenvalue weighted by atomic mass is 10.2. The molecule has 0 aliphatic heterocycles. The number of rotatable bonds is 5. The van der Waals surface area contributed by atoms with Crippen LogP contribution in [-0.4, -0.2) is 18.9 Å². The van der Waals surface area contributed by atoms with Crippen LogP contribution in [0.2, 0.25) is 0 Å². The van der Waals surface area contributed by atoms with Gasteiger partial charge in [-0.2, -0.15) is 0 Å². The number of hydrogen-bond acceptors (Lipinski definition) is 5. The molecule has 0 unspecified atom stereocenters. The van der Waals surface area contributed by atoms with Gasteiger partial charge in [0.05, 0.1) is 28.9 Å². The molecule has 1 aromatic carbocycles. The first-order chi connectivity index (χ1) is 12.5. The fourth-order valence-corrected chi connectivity index (χ4v) is 3.26. The summed E-state index contributed by atoms with van der Waals surface area (Å²) in [5, 5.41) is 5.89. The van der Waals surface area contributed by atoms with Gasteiger partial charge in [-0.1, -0.05) is 0 Å². The van der Waals surface area contributed by atoms with Gasteiger partial charge in [0.2, 0.25) is 0 Å². The zero-order valence-electron chi connectivity index (χ0n) is 14.0. The second-order valence-electron chi connectivity index (χ2n) is 5.35. The summed E-state index contributed by atoms with van der Waals surface area (Å²) in [6, 6.07) is 8.70. The van der Waals surface area contributed by atoms with E-state index in [1.807, 2.05) is 0 Å². The number of hydrogen-bond donors (Lipinski definition) is 2. The van der Waals surface area contributed by atoms with E-state index in [2.05, 4.69) is 10.6 Å². The van der Waals surface area contributed by atoms with Crippen LogP contribution in [0.4, 0.5) is 15.1 Å². The third kappa shape index (κ3) is 3.75. The van der Waals surface area contributed by atoms with Crippen molar-refractivity contribution in [2.75, 3.05) is 17.7 Å². The van der Waals surface area contributed by atoms with Crippen molar-refractivity contribution in [1.82, 2.24) is 0 Å².